The molecule has 3 aromatic rings. The largest absolute Gasteiger partial charge is 0.495 e. The molecule has 0 saturated carbocycles. The van der Waals surface area contributed by atoms with Gasteiger partial charge in [-0.2, -0.15) is 4.98 Å². The standard InChI is InChI=1S/C25H26ClN5O3/c1-25(11-22(32)33)14-31(20-6-4-3-5-17(20)25)23-18(26)13-28-24(30-23)29-19-9-16-12-27-8-7-15(16)10-21(19)34-2/h3-6,9-10,13,27H,7-8,11-12,14H2,1-2H3,(H,32,33)(H,28,29,30). The van der Waals surface area contributed by atoms with Crippen LogP contribution in [0.3, 0.4) is 0 Å². The number of benzene rings is 2. The summed E-state index contributed by atoms with van der Waals surface area (Å²) in [6.45, 7) is 4.15. The number of methoxy groups -OCH3 is 1. The van der Waals surface area contributed by atoms with Crippen LogP contribution in [0, 0.1) is 0 Å². The van der Waals surface area contributed by atoms with Gasteiger partial charge in [-0.05, 0) is 47.9 Å². The van der Waals surface area contributed by atoms with E-state index in [1.54, 1.807) is 13.3 Å². The third-order valence-corrected chi connectivity index (χ3v) is 6.80. The molecular formula is C25H26ClN5O3. The first-order valence-electron chi connectivity index (χ1n) is 11.2. The Kier molecular flexibility index (Phi) is 5.79. The summed E-state index contributed by atoms with van der Waals surface area (Å²) in [5, 5.41) is 16.6. The fourth-order valence-corrected chi connectivity index (χ4v) is 5.11. The first kappa shape index (κ1) is 22.4. The Morgan fingerprint density at radius 1 is 1.32 bits per heavy atom. The minimum absolute atomic E-state index is 0.00861. The quantitative estimate of drug-likeness (QED) is 0.478. The summed E-state index contributed by atoms with van der Waals surface area (Å²) in [6.07, 6.45) is 2.53. The van der Waals surface area contributed by atoms with Crippen molar-refractivity contribution in [1.82, 2.24) is 15.3 Å². The number of nitrogens with zero attached hydrogens (tertiary/aromatic N) is 3. The van der Waals surface area contributed by atoms with Gasteiger partial charge in [0.2, 0.25) is 5.95 Å². The van der Waals surface area contributed by atoms with Gasteiger partial charge in [0.25, 0.3) is 0 Å². The van der Waals surface area contributed by atoms with Crippen molar-refractivity contribution >= 4 is 40.7 Å². The van der Waals surface area contributed by atoms with Gasteiger partial charge in [0.05, 0.1) is 25.4 Å². The highest BCUT2D eigenvalue weighted by Gasteiger charge is 2.42. The molecule has 2 aliphatic heterocycles. The molecule has 5 rings (SSSR count). The van der Waals surface area contributed by atoms with E-state index >= 15 is 0 Å². The molecule has 2 aromatic carbocycles. The van der Waals surface area contributed by atoms with Crippen LogP contribution in [0.15, 0.2) is 42.6 Å². The fourth-order valence-electron chi connectivity index (χ4n) is 4.92. The smallest absolute Gasteiger partial charge is 0.304 e. The molecule has 0 spiro atoms. The van der Waals surface area contributed by atoms with Crippen LogP contribution < -0.4 is 20.3 Å². The first-order chi connectivity index (χ1) is 16.4. The van der Waals surface area contributed by atoms with Crippen LogP contribution in [0.2, 0.25) is 5.02 Å². The molecule has 0 bridgehead atoms. The average molecular weight is 480 g/mol. The van der Waals surface area contributed by atoms with Gasteiger partial charge in [-0.3, -0.25) is 4.79 Å². The lowest BCUT2D eigenvalue weighted by molar-refractivity contribution is -0.138. The van der Waals surface area contributed by atoms with Crippen molar-refractivity contribution in [2.24, 2.45) is 0 Å². The van der Waals surface area contributed by atoms with Crippen molar-refractivity contribution in [3.8, 4) is 5.75 Å². The Morgan fingerprint density at radius 2 is 2.15 bits per heavy atom. The van der Waals surface area contributed by atoms with Crippen LogP contribution in [0.25, 0.3) is 0 Å². The van der Waals surface area contributed by atoms with Gasteiger partial charge in [0.1, 0.15) is 10.8 Å². The van der Waals surface area contributed by atoms with E-state index in [1.165, 1.54) is 11.1 Å². The van der Waals surface area contributed by atoms with E-state index in [4.69, 9.17) is 21.3 Å². The van der Waals surface area contributed by atoms with E-state index in [9.17, 15) is 9.90 Å². The molecule has 34 heavy (non-hydrogen) atoms. The number of hydrogen-bond acceptors (Lipinski definition) is 7. The third kappa shape index (κ3) is 4.03. The molecule has 0 radical (unpaired) electrons. The number of aliphatic carboxylic acids is 1. The van der Waals surface area contributed by atoms with Crippen LogP contribution in [-0.2, 0) is 23.2 Å². The minimum Gasteiger partial charge on any atom is -0.495 e. The zero-order chi connectivity index (χ0) is 23.9. The summed E-state index contributed by atoms with van der Waals surface area (Å²) in [6, 6.07) is 11.9. The number of carboxylic acids is 1. The Hall–Kier alpha value is -3.36. The molecule has 0 saturated heterocycles. The van der Waals surface area contributed by atoms with Gasteiger partial charge in [-0.1, -0.05) is 36.7 Å². The molecule has 0 aliphatic carbocycles. The topological polar surface area (TPSA) is 99.6 Å². The zero-order valence-electron chi connectivity index (χ0n) is 19.1. The van der Waals surface area contributed by atoms with Gasteiger partial charge in [-0.15, -0.1) is 0 Å². The van der Waals surface area contributed by atoms with E-state index in [-0.39, 0.29) is 6.42 Å². The van der Waals surface area contributed by atoms with E-state index in [0.717, 1.165) is 42.2 Å². The maximum Gasteiger partial charge on any atom is 0.304 e. The molecule has 176 valence electrons. The second kappa shape index (κ2) is 8.77. The van der Waals surface area contributed by atoms with E-state index in [0.29, 0.717) is 23.3 Å². The highest BCUT2D eigenvalue weighted by atomic mass is 35.5. The van der Waals surface area contributed by atoms with Gasteiger partial charge in [0.15, 0.2) is 5.82 Å². The van der Waals surface area contributed by atoms with Crippen LogP contribution in [0.1, 0.15) is 30.0 Å². The van der Waals surface area contributed by atoms with Gasteiger partial charge >= 0.3 is 5.97 Å². The van der Waals surface area contributed by atoms with Crippen LogP contribution in [0.5, 0.6) is 5.75 Å². The van der Waals surface area contributed by atoms with Gasteiger partial charge in [0, 0.05) is 24.2 Å². The molecule has 3 N–H and O–H groups in total. The predicted octanol–water partition coefficient (Wildman–Crippen LogP) is 4.41. The normalized spacial score (nSPS) is 18.9. The number of para-hydroxylation sites is 1. The summed E-state index contributed by atoms with van der Waals surface area (Å²) >= 11 is 6.55. The number of halogens is 1. The van der Waals surface area contributed by atoms with Crippen molar-refractivity contribution in [2.45, 2.75) is 31.7 Å². The summed E-state index contributed by atoms with van der Waals surface area (Å²) in [7, 11) is 1.65. The van der Waals surface area contributed by atoms with Crippen LogP contribution >= 0.6 is 11.6 Å². The summed E-state index contributed by atoms with van der Waals surface area (Å²) in [5.41, 5.74) is 4.54. The van der Waals surface area contributed by atoms with Gasteiger partial charge < -0.3 is 25.4 Å². The average Bonchev–Trinajstić information content (AvgIpc) is 3.11. The number of rotatable bonds is 6. The first-order valence-corrected chi connectivity index (χ1v) is 11.5. The summed E-state index contributed by atoms with van der Waals surface area (Å²) in [4.78, 5) is 22.7. The summed E-state index contributed by atoms with van der Waals surface area (Å²) in [5.74, 6) is 0.788. The lowest BCUT2D eigenvalue weighted by Gasteiger charge is -2.25. The van der Waals surface area contributed by atoms with Crippen molar-refractivity contribution in [1.29, 1.82) is 0 Å². The molecular weight excluding hydrogens is 454 g/mol. The van der Waals surface area contributed by atoms with E-state index in [1.807, 2.05) is 36.1 Å². The van der Waals surface area contributed by atoms with Crippen LogP contribution in [-0.4, -0.2) is 41.2 Å². The fraction of sp³-hybridized carbons (Fsp3) is 0.320. The van der Waals surface area contributed by atoms with Gasteiger partial charge in [-0.25, -0.2) is 4.98 Å². The van der Waals surface area contributed by atoms with Crippen molar-refractivity contribution in [2.75, 3.05) is 30.4 Å². The molecule has 1 atom stereocenters. The third-order valence-electron chi connectivity index (χ3n) is 6.53. The maximum atomic E-state index is 11.6. The second-order valence-electron chi connectivity index (χ2n) is 8.97. The molecule has 1 unspecified atom stereocenters. The maximum absolute atomic E-state index is 11.6. The Balaban J connectivity index is 1.51. The Morgan fingerprint density at radius 3 is 2.94 bits per heavy atom. The number of aromatic nitrogens is 2. The minimum atomic E-state index is -0.843. The lowest BCUT2D eigenvalue weighted by atomic mass is 9.81. The molecule has 8 nitrogen and oxygen atoms in total. The van der Waals surface area contributed by atoms with Crippen LogP contribution in [0.4, 0.5) is 23.1 Å². The SMILES string of the molecule is COc1cc2c(cc1Nc1ncc(Cl)c(N3CC(C)(CC(=O)O)c4ccccc43)n1)CNCC2. The molecule has 2 aliphatic rings. The molecule has 0 fully saturated rings. The number of carboxylic acid groups (broad SMARTS) is 1. The monoisotopic (exact) mass is 479 g/mol. The molecule has 1 aromatic heterocycles. The summed E-state index contributed by atoms with van der Waals surface area (Å²) < 4.78 is 5.62. The van der Waals surface area contributed by atoms with Crippen molar-refractivity contribution in [3.05, 3.63) is 64.3 Å². The number of hydrogen-bond donors (Lipinski definition) is 3. The van der Waals surface area contributed by atoms with Crippen molar-refractivity contribution in [3.63, 3.8) is 0 Å². The second-order valence-corrected chi connectivity index (χ2v) is 9.38. The van der Waals surface area contributed by atoms with E-state index in [2.05, 4.69) is 27.8 Å². The highest BCUT2D eigenvalue weighted by molar-refractivity contribution is 6.33. The Labute approximate surface area is 202 Å². The number of fused-ring (bicyclic) bond motifs is 2. The lowest BCUT2D eigenvalue weighted by Crippen LogP contribution is -2.31. The zero-order valence-corrected chi connectivity index (χ0v) is 19.8. The number of ether oxygens (including phenoxy) is 1. The Bertz CT molecular complexity index is 1270. The molecule has 9 heteroatoms. The highest BCUT2D eigenvalue weighted by Crippen LogP contribution is 2.47. The van der Waals surface area contributed by atoms with Crippen molar-refractivity contribution < 1.29 is 14.6 Å². The molecule has 0 amide bonds. The van der Waals surface area contributed by atoms with E-state index < -0.39 is 11.4 Å². The number of carbonyl (C=O) groups is 1. The number of nitrogens with one attached hydrogen (secondary N) is 2. The molecule has 3 heterocycles. The number of anilines is 4. The predicted molar refractivity (Wildman–Crippen MR) is 132 cm³/mol.